The third kappa shape index (κ3) is 7.97. The molecule has 1 rings (SSSR count). The van der Waals surface area contributed by atoms with Crippen LogP contribution in [0.3, 0.4) is 0 Å². The van der Waals surface area contributed by atoms with Crippen molar-refractivity contribution >= 4 is 0 Å². The Morgan fingerprint density at radius 1 is 0.913 bits per heavy atom. The molecule has 0 aromatic rings. The first-order valence-electron chi connectivity index (χ1n) is 9.83. The van der Waals surface area contributed by atoms with Crippen LogP contribution in [0.2, 0.25) is 0 Å². The standard InChI is InChI=1S/C19H39NO3/c1-3-15(2)18(22)13-11-9-7-5-4-6-8-10-12-16-19(23)17(14-21)20-16/h15-23H,3-14H2,1-2H3/t15-,16+,17-,18-,19-/m1/s1. The van der Waals surface area contributed by atoms with Crippen molar-refractivity contribution < 1.29 is 15.3 Å². The van der Waals surface area contributed by atoms with Gasteiger partial charge in [-0.05, 0) is 18.8 Å². The Morgan fingerprint density at radius 2 is 1.48 bits per heavy atom. The highest BCUT2D eigenvalue weighted by atomic mass is 16.3. The van der Waals surface area contributed by atoms with Gasteiger partial charge in [0.25, 0.3) is 0 Å². The van der Waals surface area contributed by atoms with E-state index < -0.39 is 0 Å². The number of nitrogens with one attached hydrogen (secondary N) is 1. The van der Waals surface area contributed by atoms with E-state index in [1.54, 1.807) is 0 Å². The van der Waals surface area contributed by atoms with Crippen molar-refractivity contribution in [2.45, 2.75) is 109 Å². The van der Waals surface area contributed by atoms with Crippen LogP contribution in [0.4, 0.5) is 0 Å². The van der Waals surface area contributed by atoms with Gasteiger partial charge in [-0.2, -0.15) is 0 Å². The van der Waals surface area contributed by atoms with Crippen LogP contribution in [0.5, 0.6) is 0 Å². The van der Waals surface area contributed by atoms with Crippen molar-refractivity contribution in [3.63, 3.8) is 0 Å². The molecule has 5 atom stereocenters. The summed E-state index contributed by atoms with van der Waals surface area (Å²) in [5.74, 6) is 0.436. The Balaban J connectivity index is 1.80. The van der Waals surface area contributed by atoms with Crippen LogP contribution in [-0.2, 0) is 0 Å². The lowest BCUT2D eigenvalue weighted by atomic mass is 9.89. The zero-order valence-electron chi connectivity index (χ0n) is 15.2. The average Bonchev–Trinajstić information content (AvgIpc) is 2.56. The van der Waals surface area contributed by atoms with Crippen LogP contribution < -0.4 is 5.32 Å². The van der Waals surface area contributed by atoms with E-state index in [1.165, 1.54) is 38.5 Å². The van der Waals surface area contributed by atoms with E-state index in [4.69, 9.17) is 5.11 Å². The fourth-order valence-corrected chi connectivity index (χ4v) is 3.38. The summed E-state index contributed by atoms with van der Waals surface area (Å²) >= 11 is 0. The van der Waals surface area contributed by atoms with Gasteiger partial charge < -0.3 is 20.6 Å². The second kappa shape index (κ2) is 12.2. The third-order valence-electron chi connectivity index (χ3n) is 5.52. The Hall–Kier alpha value is -0.160. The third-order valence-corrected chi connectivity index (χ3v) is 5.52. The number of hydrogen-bond acceptors (Lipinski definition) is 4. The molecule has 4 N–H and O–H groups in total. The van der Waals surface area contributed by atoms with Crippen molar-refractivity contribution in [1.29, 1.82) is 0 Å². The summed E-state index contributed by atoms with van der Waals surface area (Å²) < 4.78 is 0. The highest BCUT2D eigenvalue weighted by Gasteiger charge is 2.37. The van der Waals surface area contributed by atoms with E-state index >= 15 is 0 Å². The van der Waals surface area contributed by atoms with Crippen LogP contribution in [0.25, 0.3) is 0 Å². The van der Waals surface area contributed by atoms with E-state index in [-0.39, 0.29) is 30.9 Å². The maximum Gasteiger partial charge on any atom is 0.0868 e. The maximum absolute atomic E-state index is 9.90. The molecule has 0 spiro atoms. The number of aliphatic hydroxyl groups excluding tert-OH is 3. The molecule has 0 amide bonds. The van der Waals surface area contributed by atoms with E-state index in [2.05, 4.69) is 19.2 Å². The monoisotopic (exact) mass is 329 g/mol. The van der Waals surface area contributed by atoms with Crippen LogP contribution in [0, 0.1) is 5.92 Å². The van der Waals surface area contributed by atoms with Gasteiger partial charge in [0, 0.05) is 6.04 Å². The molecule has 0 aromatic heterocycles. The summed E-state index contributed by atoms with van der Waals surface area (Å²) in [5.41, 5.74) is 0. The average molecular weight is 330 g/mol. The molecule has 0 unspecified atom stereocenters. The van der Waals surface area contributed by atoms with Gasteiger partial charge in [0.15, 0.2) is 0 Å². The Kier molecular flexibility index (Phi) is 11.1. The van der Waals surface area contributed by atoms with Gasteiger partial charge in [-0.1, -0.05) is 71.6 Å². The van der Waals surface area contributed by atoms with Gasteiger partial charge in [0.05, 0.1) is 24.9 Å². The topological polar surface area (TPSA) is 72.7 Å². The Morgan fingerprint density at radius 3 is 2.00 bits per heavy atom. The quantitative estimate of drug-likeness (QED) is 0.370. The molecular weight excluding hydrogens is 290 g/mol. The summed E-state index contributed by atoms with van der Waals surface area (Å²) in [6.45, 7) is 4.30. The normalized spacial score (nSPS) is 26.7. The minimum Gasteiger partial charge on any atom is -0.395 e. The summed E-state index contributed by atoms with van der Waals surface area (Å²) in [4.78, 5) is 0. The Bertz CT molecular complexity index is 288. The fourth-order valence-electron chi connectivity index (χ4n) is 3.38. The molecule has 0 radical (unpaired) electrons. The van der Waals surface area contributed by atoms with Crippen molar-refractivity contribution in [2.24, 2.45) is 5.92 Å². The number of rotatable bonds is 14. The van der Waals surface area contributed by atoms with E-state index in [9.17, 15) is 10.2 Å². The molecule has 0 aromatic carbocycles. The smallest absolute Gasteiger partial charge is 0.0868 e. The first kappa shape index (κ1) is 20.9. The molecule has 1 aliphatic heterocycles. The molecule has 138 valence electrons. The molecule has 0 bridgehead atoms. The summed E-state index contributed by atoms with van der Waals surface area (Å²) in [6.07, 6.45) is 12.5. The van der Waals surface area contributed by atoms with Gasteiger partial charge in [0.2, 0.25) is 0 Å². The maximum atomic E-state index is 9.90. The minimum atomic E-state index is -0.356. The second-order valence-electron chi connectivity index (χ2n) is 7.41. The van der Waals surface area contributed by atoms with Crippen LogP contribution in [0.1, 0.15) is 84.5 Å². The number of hydrogen-bond donors (Lipinski definition) is 4. The van der Waals surface area contributed by atoms with Gasteiger partial charge in [0.1, 0.15) is 0 Å². The predicted octanol–water partition coefficient (Wildman–Crippen LogP) is 2.99. The predicted molar refractivity (Wildman–Crippen MR) is 95.4 cm³/mol. The van der Waals surface area contributed by atoms with Gasteiger partial charge in [-0.25, -0.2) is 0 Å². The summed E-state index contributed by atoms with van der Waals surface area (Å²) in [7, 11) is 0. The lowest BCUT2D eigenvalue weighted by Crippen LogP contribution is -2.66. The van der Waals surface area contributed by atoms with Gasteiger partial charge in [-0.15, -0.1) is 0 Å². The summed E-state index contributed by atoms with van der Waals surface area (Å²) in [6, 6.07) is 0.0999. The highest BCUT2D eigenvalue weighted by Crippen LogP contribution is 2.19. The van der Waals surface area contributed by atoms with Crippen molar-refractivity contribution in [2.75, 3.05) is 6.61 Å². The van der Waals surface area contributed by atoms with Gasteiger partial charge in [-0.3, -0.25) is 0 Å². The highest BCUT2D eigenvalue weighted by molar-refractivity contribution is 4.97. The largest absolute Gasteiger partial charge is 0.395 e. The second-order valence-corrected chi connectivity index (χ2v) is 7.41. The molecule has 4 heteroatoms. The van der Waals surface area contributed by atoms with E-state index in [0.29, 0.717) is 5.92 Å². The first-order valence-corrected chi connectivity index (χ1v) is 9.83. The molecule has 1 saturated heterocycles. The fraction of sp³-hybridized carbons (Fsp3) is 1.00. The zero-order chi connectivity index (χ0) is 17.1. The van der Waals surface area contributed by atoms with Crippen molar-refractivity contribution in [3.8, 4) is 0 Å². The lowest BCUT2D eigenvalue weighted by Gasteiger charge is -2.42. The summed E-state index contributed by atoms with van der Waals surface area (Å²) in [5, 5.41) is 31.8. The van der Waals surface area contributed by atoms with Crippen LogP contribution in [-0.4, -0.2) is 46.2 Å². The van der Waals surface area contributed by atoms with Crippen LogP contribution in [0.15, 0.2) is 0 Å². The Labute approximate surface area is 142 Å². The zero-order valence-corrected chi connectivity index (χ0v) is 15.2. The van der Waals surface area contributed by atoms with Crippen molar-refractivity contribution in [3.05, 3.63) is 0 Å². The van der Waals surface area contributed by atoms with E-state index in [0.717, 1.165) is 32.1 Å². The van der Waals surface area contributed by atoms with E-state index in [1.807, 2.05) is 0 Å². The molecular formula is C19H39NO3. The molecule has 0 saturated carbocycles. The number of aliphatic hydroxyl groups is 3. The molecule has 23 heavy (non-hydrogen) atoms. The minimum absolute atomic E-state index is 0.0338. The lowest BCUT2D eigenvalue weighted by molar-refractivity contribution is -0.0192. The molecule has 0 aliphatic carbocycles. The van der Waals surface area contributed by atoms with Gasteiger partial charge >= 0.3 is 0 Å². The number of unbranched alkanes of at least 4 members (excludes halogenated alkanes) is 7. The molecule has 1 heterocycles. The first-order chi connectivity index (χ1) is 11.1. The molecule has 4 nitrogen and oxygen atoms in total. The van der Waals surface area contributed by atoms with Crippen LogP contribution >= 0.6 is 0 Å². The SMILES string of the molecule is CC[C@@H](C)[C@H](O)CCCCCCCCCC[C@@H]1N[C@H](CO)[C@@H]1O. The van der Waals surface area contributed by atoms with Crippen molar-refractivity contribution in [1.82, 2.24) is 5.32 Å². The molecule has 1 fully saturated rings. The molecule has 1 aliphatic rings.